The average molecular weight is 641 g/mol. The third-order valence-electron chi connectivity index (χ3n) is 6.43. The van der Waals surface area contributed by atoms with E-state index in [4.69, 9.17) is 23.7 Å². The predicted octanol–water partition coefficient (Wildman–Crippen LogP) is 6.87. The number of rotatable bonds is 20. The number of nitrogens with one attached hydrogen (secondary N) is 1. The van der Waals surface area contributed by atoms with Gasteiger partial charge in [-0.1, -0.05) is 25.3 Å². The van der Waals surface area contributed by atoms with Gasteiger partial charge in [-0.25, -0.2) is 9.59 Å². The molecule has 246 valence electrons. The molecule has 3 rings (SSSR count). The Bertz CT molecular complexity index is 1530. The third-order valence-corrected chi connectivity index (χ3v) is 6.43. The molecule has 0 saturated carbocycles. The molecule has 0 aromatic heterocycles. The van der Waals surface area contributed by atoms with Gasteiger partial charge in [-0.3, -0.25) is 9.79 Å². The summed E-state index contributed by atoms with van der Waals surface area (Å²) in [4.78, 5) is 39.2. The minimum atomic E-state index is -0.427. The molecule has 10 heteroatoms. The molecular formula is C37H40N2O8. The van der Waals surface area contributed by atoms with Crippen LogP contribution < -0.4 is 19.5 Å². The van der Waals surface area contributed by atoms with Gasteiger partial charge in [-0.05, 0) is 91.4 Å². The lowest BCUT2D eigenvalue weighted by molar-refractivity contribution is -0.138. The highest BCUT2D eigenvalue weighted by Crippen LogP contribution is 2.29. The number of hydrogen-bond donors (Lipinski definition) is 1. The summed E-state index contributed by atoms with van der Waals surface area (Å²) in [5.41, 5.74) is 2.90. The van der Waals surface area contributed by atoms with Crippen LogP contribution in [0.4, 0.5) is 11.4 Å². The minimum Gasteiger partial charge on any atom is -0.494 e. The number of methoxy groups -OCH3 is 1. The molecule has 0 aliphatic rings. The fourth-order valence-corrected chi connectivity index (χ4v) is 3.94. The summed E-state index contributed by atoms with van der Waals surface area (Å²) in [6.45, 7) is 8.41. The zero-order valence-electron chi connectivity index (χ0n) is 26.5. The van der Waals surface area contributed by atoms with Crippen LogP contribution in [0.3, 0.4) is 0 Å². The number of benzene rings is 3. The number of carbonyl (C=O) groups is 3. The number of nitrogens with zero attached hydrogens (tertiary/aromatic N) is 1. The number of unbranched alkanes of at least 4 members (excludes halogenated alkanes) is 2. The zero-order valence-corrected chi connectivity index (χ0v) is 26.5. The molecule has 10 nitrogen and oxygen atoms in total. The first kappa shape index (κ1) is 35.8. The molecule has 1 N–H and O–H groups in total. The number of carbonyl (C=O) groups excluding carboxylic acids is 3. The van der Waals surface area contributed by atoms with Crippen LogP contribution in [0, 0.1) is 0 Å². The van der Waals surface area contributed by atoms with E-state index in [0.29, 0.717) is 62.1 Å². The van der Waals surface area contributed by atoms with Gasteiger partial charge in [-0.15, -0.1) is 0 Å². The van der Waals surface area contributed by atoms with Crippen molar-refractivity contribution in [2.45, 2.75) is 25.7 Å². The Balaban J connectivity index is 1.42. The van der Waals surface area contributed by atoms with Crippen molar-refractivity contribution in [1.82, 2.24) is 0 Å². The lowest BCUT2D eigenvalue weighted by Crippen LogP contribution is -2.08. The zero-order chi connectivity index (χ0) is 33.7. The minimum absolute atomic E-state index is 0.310. The maximum atomic E-state index is 12.6. The monoisotopic (exact) mass is 640 g/mol. The molecule has 0 bridgehead atoms. The van der Waals surface area contributed by atoms with Gasteiger partial charge in [0.15, 0.2) is 0 Å². The van der Waals surface area contributed by atoms with Crippen molar-refractivity contribution < 1.29 is 38.1 Å². The van der Waals surface area contributed by atoms with E-state index in [1.807, 2.05) is 48.5 Å². The Hall–Kier alpha value is -5.64. The van der Waals surface area contributed by atoms with Gasteiger partial charge < -0.3 is 29.0 Å². The number of ether oxygens (including phenoxy) is 5. The second-order valence-electron chi connectivity index (χ2n) is 9.96. The van der Waals surface area contributed by atoms with E-state index in [1.54, 1.807) is 30.5 Å². The van der Waals surface area contributed by atoms with E-state index in [9.17, 15) is 14.4 Å². The topological polar surface area (TPSA) is 122 Å². The molecule has 0 aliphatic carbocycles. The predicted molar refractivity (Wildman–Crippen MR) is 183 cm³/mol. The fraction of sp³-hybridized carbons (Fsp3) is 0.243. The number of esters is 2. The Morgan fingerprint density at radius 1 is 0.723 bits per heavy atom. The lowest BCUT2D eigenvalue weighted by atomic mass is 10.2. The largest absolute Gasteiger partial charge is 0.494 e. The van der Waals surface area contributed by atoms with E-state index in [1.165, 1.54) is 13.2 Å². The number of amides is 1. The van der Waals surface area contributed by atoms with Crippen molar-refractivity contribution in [2.75, 3.05) is 38.9 Å². The van der Waals surface area contributed by atoms with Crippen LogP contribution in [0.15, 0.2) is 103 Å². The Morgan fingerprint density at radius 2 is 1.26 bits per heavy atom. The lowest BCUT2D eigenvalue weighted by Gasteiger charge is -2.09. The summed E-state index contributed by atoms with van der Waals surface area (Å²) >= 11 is 0. The molecule has 3 aromatic carbocycles. The van der Waals surface area contributed by atoms with E-state index in [2.05, 4.69) is 23.5 Å². The van der Waals surface area contributed by atoms with Crippen LogP contribution in [-0.4, -0.2) is 57.6 Å². The van der Waals surface area contributed by atoms with Crippen molar-refractivity contribution in [1.29, 1.82) is 0 Å². The summed E-state index contributed by atoms with van der Waals surface area (Å²) < 4.78 is 26.8. The molecular weight excluding hydrogens is 600 g/mol. The van der Waals surface area contributed by atoms with E-state index < -0.39 is 11.9 Å². The Labute approximate surface area is 275 Å². The van der Waals surface area contributed by atoms with Crippen molar-refractivity contribution in [3.8, 4) is 17.2 Å². The van der Waals surface area contributed by atoms with Crippen molar-refractivity contribution >= 4 is 41.5 Å². The average Bonchev–Trinajstić information content (AvgIpc) is 3.10. The molecule has 0 aliphatic heterocycles. The summed E-state index contributed by atoms with van der Waals surface area (Å²) in [7, 11) is 1.53. The van der Waals surface area contributed by atoms with Gasteiger partial charge in [0.05, 0.1) is 44.9 Å². The molecule has 0 atom stereocenters. The van der Waals surface area contributed by atoms with Crippen LogP contribution in [0.2, 0.25) is 0 Å². The summed E-state index contributed by atoms with van der Waals surface area (Å²) in [5.74, 6) is 0.767. The van der Waals surface area contributed by atoms with Crippen molar-refractivity contribution in [2.24, 2.45) is 4.99 Å². The molecule has 0 unspecified atom stereocenters. The van der Waals surface area contributed by atoms with Crippen LogP contribution >= 0.6 is 0 Å². The second kappa shape index (κ2) is 20.4. The quantitative estimate of drug-likeness (QED) is 0.0615. The van der Waals surface area contributed by atoms with Gasteiger partial charge in [0.1, 0.15) is 17.2 Å². The first-order valence-electron chi connectivity index (χ1n) is 15.2. The van der Waals surface area contributed by atoms with Gasteiger partial charge >= 0.3 is 11.9 Å². The summed E-state index contributed by atoms with van der Waals surface area (Å²) in [5, 5.41) is 2.84. The number of anilines is 1. The standard InChI is InChI=1S/C37H40N2O8/c1-4-36(41)46-24-8-6-22-44-31-16-10-28(11-17-31)14-21-35(40)39-33-20-15-30(26-34(33)43-3)38-27-29-12-18-32(19-13-29)45-23-7-9-25-47-37(42)5-2/h4-5,10-21,26-27H,1-2,6-9,22-25H2,3H3,(H,39,40)/b21-14+,38-27+. The maximum absolute atomic E-state index is 12.6. The summed E-state index contributed by atoms with van der Waals surface area (Å²) in [6, 6.07) is 20.2. The van der Waals surface area contributed by atoms with Crippen molar-refractivity contribution in [3.05, 3.63) is 109 Å². The molecule has 0 radical (unpaired) electrons. The van der Waals surface area contributed by atoms with Gasteiger partial charge in [0.25, 0.3) is 0 Å². The highest BCUT2D eigenvalue weighted by molar-refractivity contribution is 6.03. The first-order chi connectivity index (χ1) is 22.9. The van der Waals surface area contributed by atoms with Crippen LogP contribution in [-0.2, 0) is 23.9 Å². The number of aliphatic imine (C=N–C) groups is 1. The molecule has 1 amide bonds. The molecule has 0 saturated heterocycles. The smallest absolute Gasteiger partial charge is 0.330 e. The molecule has 0 spiro atoms. The van der Waals surface area contributed by atoms with Crippen LogP contribution in [0.25, 0.3) is 6.08 Å². The van der Waals surface area contributed by atoms with Gasteiger partial charge in [0, 0.05) is 30.5 Å². The fourth-order valence-electron chi connectivity index (χ4n) is 3.94. The first-order valence-corrected chi connectivity index (χ1v) is 15.2. The van der Waals surface area contributed by atoms with Crippen molar-refractivity contribution in [3.63, 3.8) is 0 Å². The third kappa shape index (κ3) is 13.9. The van der Waals surface area contributed by atoms with Gasteiger partial charge in [0.2, 0.25) is 5.91 Å². The van der Waals surface area contributed by atoms with E-state index in [-0.39, 0.29) is 5.91 Å². The van der Waals surface area contributed by atoms with Crippen LogP contribution in [0.5, 0.6) is 17.2 Å². The summed E-state index contributed by atoms with van der Waals surface area (Å²) in [6.07, 6.45) is 10.1. The van der Waals surface area contributed by atoms with E-state index in [0.717, 1.165) is 41.9 Å². The second-order valence-corrected chi connectivity index (χ2v) is 9.96. The molecule has 3 aromatic rings. The number of hydrogen-bond acceptors (Lipinski definition) is 9. The van der Waals surface area contributed by atoms with Crippen LogP contribution in [0.1, 0.15) is 36.8 Å². The Morgan fingerprint density at radius 3 is 1.79 bits per heavy atom. The normalized spacial score (nSPS) is 10.7. The Kier molecular flexibility index (Phi) is 15.6. The molecule has 0 heterocycles. The molecule has 47 heavy (non-hydrogen) atoms. The van der Waals surface area contributed by atoms with Gasteiger partial charge in [-0.2, -0.15) is 0 Å². The maximum Gasteiger partial charge on any atom is 0.330 e. The highest BCUT2D eigenvalue weighted by atomic mass is 16.5. The highest BCUT2D eigenvalue weighted by Gasteiger charge is 2.07. The SMILES string of the molecule is C=CC(=O)OCCCCOc1ccc(/C=C/C(=O)Nc2ccc(/N=C/c3ccc(OCCCCOC(=O)C=C)cc3)cc2OC)cc1. The van der Waals surface area contributed by atoms with E-state index >= 15 is 0 Å². The molecule has 0 fully saturated rings.